The van der Waals surface area contributed by atoms with Crippen molar-refractivity contribution in [2.45, 2.75) is 13.1 Å². The van der Waals surface area contributed by atoms with Gasteiger partial charge in [-0.1, -0.05) is 13.1 Å². The topological polar surface area (TPSA) is 9.72 Å². The van der Waals surface area contributed by atoms with E-state index in [1.165, 1.54) is 0 Å². The molecule has 0 unspecified atom stereocenters. The summed E-state index contributed by atoms with van der Waals surface area (Å²) in [6.07, 6.45) is 0. The Morgan fingerprint density at radius 1 is 0.800 bits per heavy atom. The van der Waals surface area contributed by atoms with Crippen molar-refractivity contribution in [2.75, 3.05) is 28.2 Å². The van der Waals surface area contributed by atoms with Gasteiger partial charge in [0.1, 0.15) is 0 Å². The molecule has 0 aromatic heterocycles. The Hall–Kier alpha value is 0.0969. The summed E-state index contributed by atoms with van der Waals surface area (Å²) in [7, 11) is 7.88. The van der Waals surface area contributed by atoms with Crippen LogP contribution in [0.25, 0.3) is 0 Å². The van der Waals surface area contributed by atoms with E-state index < -0.39 is 0 Å². The second-order valence-electron chi connectivity index (χ2n) is 2.93. The van der Waals surface area contributed by atoms with Crippen molar-refractivity contribution >= 4 is 8.96 Å². The molecule has 0 spiro atoms. The molecule has 1 radical (unpaired) electrons. The molecule has 0 amide bonds. The lowest BCUT2D eigenvalue weighted by Gasteiger charge is -2.36. The van der Waals surface area contributed by atoms with E-state index in [0.717, 1.165) is 0 Å². The molecular weight excluding hydrogens is 142 g/mol. The van der Waals surface area contributed by atoms with Gasteiger partial charge in [0.05, 0.1) is 0 Å². The minimum absolute atomic E-state index is 0.387. The highest BCUT2D eigenvalue weighted by molar-refractivity contribution is 6.52. The maximum Gasteiger partial charge on any atom is 0.172 e. The molecule has 0 aromatic rings. The van der Waals surface area contributed by atoms with Gasteiger partial charge >= 0.3 is 0 Å². The van der Waals surface area contributed by atoms with Gasteiger partial charge in [0.15, 0.2) is 8.96 Å². The first-order valence-corrected chi connectivity index (χ1v) is 5.86. The van der Waals surface area contributed by atoms with Gasteiger partial charge in [-0.3, -0.25) is 0 Å². The molecule has 0 aliphatic rings. The molecule has 0 atom stereocenters. The Morgan fingerprint density at radius 2 is 1.10 bits per heavy atom. The van der Waals surface area contributed by atoms with Crippen LogP contribution in [-0.2, 0) is 0 Å². The van der Waals surface area contributed by atoms with Crippen molar-refractivity contribution in [3.8, 4) is 0 Å². The van der Waals surface area contributed by atoms with Crippen LogP contribution in [-0.4, -0.2) is 52.0 Å². The molecular formula is C6H18N3Si. The van der Waals surface area contributed by atoms with E-state index in [1.807, 2.05) is 0 Å². The predicted molar refractivity (Wildman–Crippen MR) is 46.7 cm³/mol. The van der Waals surface area contributed by atoms with E-state index in [1.54, 1.807) is 0 Å². The summed E-state index contributed by atoms with van der Waals surface area (Å²) < 4.78 is 0. The molecule has 61 valence electrons. The molecule has 0 bridgehead atoms. The zero-order valence-electron chi connectivity index (χ0n) is 7.84. The monoisotopic (exact) mass is 160 g/mol. The summed E-state index contributed by atoms with van der Waals surface area (Å²) in [6.45, 7) is 4.54. The van der Waals surface area contributed by atoms with E-state index in [9.17, 15) is 0 Å². The Morgan fingerprint density at radius 3 is 1.10 bits per heavy atom. The molecule has 0 fully saturated rings. The standard InChI is InChI=1S/C6H18N3Si/c1-7(2)9(8(3)4)10(5)6/h1-6H3. The largest absolute Gasteiger partial charge is 0.241 e. The summed E-state index contributed by atoms with van der Waals surface area (Å²) in [6, 6.07) is 0. The van der Waals surface area contributed by atoms with Crippen LogP contribution in [0, 0.1) is 0 Å². The highest BCUT2D eigenvalue weighted by Gasteiger charge is 2.14. The van der Waals surface area contributed by atoms with E-state index in [0.29, 0.717) is 0 Å². The van der Waals surface area contributed by atoms with Crippen LogP contribution >= 0.6 is 0 Å². The SMILES string of the molecule is CN(C)N(N(C)C)[Si](C)C. The van der Waals surface area contributed by atoms with Crippen LogP contribution in [0.3, 0.4) is 0 Å². The smallest absolute Gasteiger partial charge is 0.172 e. The van der Waals surface area contributed by atoms with Crippen molar-refractivity contribution in [3.63, 3.8) is 0 Å². The first kappa shape index (κ1) is 10.1. The zero-order chi connectivity index (χ0) is 8.31. The predicted octanol–water partition coefficient (Wildman–Crippen LogP) is 0.493. The van der Waals surface area contributed by atoms with Gasteiger partial charge in [0.2, 0.25) is 0 Å². The number of hydrazine groups is 2. The molecule has 0 aromatic carbocycles. The molecule has 4 heteroatoms. The van der Waals surface area contributed by atoms with Crippen LogP contribution in [0.2, 0.25) is 13.1 Å². The highest BCUT2D eigenvalue weighted by atomic mass is 28.3. The van der Waals surface area contributed by atoms with Crippen LogP contribution in [0.4, 0.5) is 0 Å². The third-order valence-corrected chi connectivity index (χ3v) is 2.76. The van der Waals surface area contributed by atoms with Gasteiger partial charge in [-0.2, -0.15) is 0 Å². The fourth-order valence-corrected chi connectivity index (χ4v) is 2.76. The van der Waals surface area contributed by atoms with Crippen LogP contribution in [0.1, 0.15) is 0 Å². The van der Waals surface area contributed by atoms with E-state index in [2.05, 4.69) is 56.1 Å². The minimum Gasteiger partial charge on any atom is -0.241 e. The molecule has 0 aliphatic heterocycles. The summed E-state index contributed by atoms with van der Waals surface area (Å²) in [5.74, 6) is 0. The maximum absolute atomic E-state index is 2.27. The third-order valence-electron chi connectivity index (χ3n) is 1.16. The Balaban J connectivity index is 3.98. The second-order valence-corrected chi connectivity index (χ2v) is 5.23. The lowest BCUT2D eigenvalue weighted by molar-refractivity contribution is -0.0522. The van der Waals surface area contributed by atoms with E-state index in [4.69, 9.17) is 0 Å². The van der Waals surface area contributed by atoms with Crippen LogP contribution < -0.4 is 0 Å². The Bertz CT molecular complexity index is 74.0. The van der Waals surface area contributed by atoms with Crippen molar-refractivity contribution in [1.29, 1.82) is 0 Å². The first-order valence-electron chi connectivity index (χ1n) is 3.41. The molecule has 0 N–H and O–H groups in total. The van der Waals surface area contributed by atoms with Gasteiger partial charge < -0.3 is 0 Å². The lowest BCUT2D eigenvalue weighted by Crippen LogP contribution is -2.52. The Kier molecular flexibility index (Phi) is 4.11. The third kappa shape index (κ3) is 2.79. The highest BCUT2D eigenvalue weighted by Crippen LogP contribution is 1.97. The average molecular weight is 160 g/mol. The lowest BCUT2D eigenvalue weighted by atomic mass is 11.1. The van der Waals surface area contributed by atoms with Crippen molar-refractivity contribution in [1.82, 2.24) is 14.8 Å². The van der Waals surface area contributed by atoms with Gasteiger partial charge in [0, 0.05) is 28.2 Å². The van der Waals surface area contributed by atoms with Crippen molar-refractivity contribution in [3.05, 3.63) is 0 Å². The van der Waals surface area contributed by atoms with Gasteiger partial charge in [-0.05, 0) is 0 Å². The maximum atomic E-state index is 2.27. The van der Waals surface area contributed by atoms with Crippen molar-refractivity contribution < 1.29 is 0 Å². The van der Waals surface area contributed by atoms with Gasteiger partial charge in [-0.25, -0.2) is 14.8 Å². The van der Waals surface area contributed by atoms with Gasteiger partial charge in [-0.15, -0.1) is 0 Å². The molecule has 0 rings (SSSR count). The molecule has 10 heavy (non-hydrogen) atoms. The fraction of sp³-hybridized carbons (Fsp3) is 1.00. The Labute approximate surface area is 65.8 Å². The van der Waals surface area contributed by atoms with E-state index >= 15 is 0 Å². The number of rotatable bonds is 3. The van der Waals surface area contributed by atoms with Crippen LogP contribution in [0.15, 0.2) is 0 Å². The molecule has 0 saturated carbocycles. The number of hydrogen-bond acceptors (Lipinski definition) is 3. The zero-order valence-corrected chi connectivity index (χ0v) is 8.84. The number of nitrogens with zero attached hydrogens (tertiary/aromatic N) is 3. The molecule has 0 heterocycles. The number of hydrogen-bond donors (Lipinski definition) is 0. The molecule has 3 nitrogen and oxygen atoms in total. The fourth-order valence-electron chi connectivity index (χ4n) is 1.16. The summed E-state index contributed by atoms with van der Waals surface area (Å²) in [4.78, 5) is 2.27. The normalized spacial score (nSPS) is 12.6. The summed E-state index contributed by atoms with van der Waals surface area (Å²) >= 11 is 0. The molecule has 0 aliphatic carbocycles. The summed E-state index contributed by atoms with van der Waals surface area (Å²) in [5, 5.41) is 4.24. The van der Waals surface area contributed by atoms with E-state index in [-0.39, 0.29) is 8.96 Å². The molecule has 0 saturated heterocycles. The van der Waals surface area contributed by atoms with Gasteiger partial charge in [0.25, 0.3) is 0 Å². The summed E-state index contributed by atoms with van der Waals surface area (Å²) in [5.41, 5.74) is 0. The van der Waals surface area contributed by atoms with Crippen molar-refractivity contribution in [2.24, 2.45) is 0 Å². The van der Waals surface area contributed by atoms with Crippen LogP contribution in [0.5, 0.6) is 0 Å². The average Bonchev–Trinajstić information content (AvgIpc) is 1.59. The minimum atomic E-state index is -0.387. The first-order chi connectivity index (χ1) is 4.46. The second kappa shape index (κ2) is 4.08. The quantitative estimate of drug-likeness (QED) is 0.439.